The van der Waals surface area contributed by atoms with E-state index >= 15 is 0 Å². The Morgan fingerprint density at radius 3 is 2.58 bits per heavy atom. The number of anilines is 1. The van der Waals surface area contributed by atoms with Crippen LogP contribution >= 0.6 is 11.8 Å². The summed E-state index contributed by atoms with van der Waals surface area (Å²) in [5.41, 5.74) is 2.65. The lowest BCUT2D eigenvalue weighted by molar-refractivity contribution is -0.113. The van der Waals surface area contributed by atoms with E-state index < -0.39 is 0 Å². The van der Waals surface area contributed by atoms with Crippen LogP contribution in [-0.2, 0) is 4.79 Å². The molecule has 3 rings (SSSR count). The number of pyridine rings is 1. The first kappa shape index (κ1) is 18.1. The smallest absolute Gasteiger partial charge is 0.234 e. The zero-order chi connectivity index (χ0) is 18.5. The number of ether oxygens (including phenoxy) is 2. The van der Waals surface area contributed by atoms with E-state index in [4.69, 9.17) is 9.47 Å². The maximum absolute atomic E-state index is 12.2. The van der Waals surface area contributed by atoms with Gasteiger partial charge in [0.1, 0.15) is 17.0 Å². The number of amides is 1. The largest absolute Gasteiger partial charge is 0.497 e. The number of nitrogens with zero attached hydrogens (tertiary/aromatic N) is 1. The molecule has 1 N–H and O–H groups in total. The van der Waals surface area contributed by atoms with Gasteiger partial charge in [0.05, 0.1) is 25.0 Å². The highest BCUT2D eigenvalue weighted by atomic mass is 32.2. The molecule has 0 unspecified atom stereocenters. The van der Waals surface area contributed by atoms with E-state index in [-0.39, 0.29) is 11.7 Å². The second kappa shape index (κ2) is 8.10. The molecule has 1 amide bonds. The van der Waals surface area contributed by atoms with Crippen LogP contribution in [-0.4, -0.2) is 30.9 Å². The van der Waals surface area contributed by atoms with Crippen LogP contribution in [0.5, 0.6) is 11.5 Å². The molecule has 3 aromatic rings. The number of methoxy groups -OCH3 is 2. The molecule has 1 aromatic heterocycles. The number of fused-ring (bicyclic) bond motifs is 1. The van der Waals surface area contributed by atoms with Gasteiger partial charge in [0.15, 0.2) is 0 Å². The van der Waals surface area contributed by atoms with Crippen LogP contribution in [0.1, 0.15) is 5.56 Å². The Bertz CT molecular complexity index is 926. The maximum atomic E-state index is 12.2. The fourth-order valence-electron chi connectivity index (χ4n) is 2.61. The topological polar surface area (TPSA) is 60.5 Å². The van der Waals surface area contributed by atoms with E-state index in [0.717, 1.165) is 38.7 Å². The van der Waals surface area contributed by atoms with Crippen molar-refractivity contribution in [3.05, 3.63) is 54.1 Å². The Morgan fingerprint density at radius 1 is 1.12 bits per heavy atom. The molecular weight excluding hydrogens is 348 g/mol. The van der Waals surface area contributed by atoms with Gasteiger partial charge < -0.3 is 14.8 Å². The summed E-state index contributed by atoms with van der Waals surface area (Å²) in [7, 11) is 3.24. The first-order valence-corrected chi connectivity index (χ1v) is 9.10. The summed E-state index contributed by atoms with van der Waals surface area (Å²) in [6.07, 6.45) is 0. The number of thioether (sulfide) groups is 1. The highest BCUT2D eigenvalue weighted by Crippen LogP contribution is 2.29. The minimum atomic E-state index is -0.0836. The summed E-state index contributed by atoms with van der Waals surface area (Å²) in [5, 5.41) is 4.72. The normalized spacial score (nSPS) is 10.6. The predicted molar refractivity (Wildman–Crippen MR) is 105 cm³/mol. The van der Waals surface area contributed by atoms with Crippen LogP contribution in [0.4, 0.5) is 5.69 Å². The minimum Gasteiger partial charge on any atom is -0.497 e. The van der Waals surface area contributed by atoms with Gasteiger partial charge in [-0.25, -0.2) is 4.98 Å². The molecule has 0 aliphatic rings. The second-order valence-electron chi connectivity index (χ2n) is 5.70. The van der Waals surface area contributed by atoms with Crippen molar-refractivity contribution in [3.63, 3.8) is 0 Å². The number of rotatable bonds is 6. The molecule has 0 saturated heterocycles. The second-order valence-corrected chi connectivity index (χ2v) is 6.69. The van der Waals surface area contributed by atoms with E-state index in [1.807, 2.05) is 55.5 Å². The van der Waals surface area contributed by atoms with E-state index in [2.05, 4.69) is 10.3 Å². The molecular formula is C20H20N2O3S. The molecule has 0 atom stereocenters. The molecule has 0 saturated carbocycles. The predicted octanol–water partition coefficient (Wildman–Crippen LogP) is 4.29. The third-order valence-electron chi connectivity index (χ3n) is 3.93. The van der Waals surface area contributed by atoms with Gasteiger partial charge in [0, 0.05) is 11.1 Å². The summed E-state index contributed by atoms with van der Waals surface area (Å²) in [5.74, 6) is 1.68. The van der Waals surface area contributed by atoms with Crippen molar-refractivity contribution < 1.29 is 14.3 Å². The van der Waals surface area contributed by atoms with Crippen LogP contribution in [0, 0.1) is 6.92 Å². The Kier molecular flexibility index (Phi) is 5.63. The number of carbonyl (C=O) groups excluding carboxylic acids is 1. The first-order chi connectivity index (χ1) is 12.6. The van der Waals surface area contributed by atoms with Gasteiger partial charge >= 0.3 is 0 Å². The van der Waals surface area contributed by atoms with Crippen LogP contribution in [0.25, 0.3) is 10.9 Å². The molecule has 26 heavy (non-hydrogen) atoms. The number of hydrogen-bond donors (Lipinski definition) is 1. The minimum absolute atomic E-state index is 0.0836. The lowest BCUT2D eigenvalue weighted by Crippen LogP contribution is -2.14. The molecule has 6 heteroatoms. The molecule has 2 aromatic carbocycles. The zero-order valence-electron chi connectivity index (χ0n) is 14.9. The summed E-state index contributed by atoms with van der Waals surface area (Å²) in [6, 6.07) is 15.1. The van der Waals surface area contributed by atoms with Gasteiger partial charge in [-0.1, -0.05) is 23.9 Å². The van der Waals surface area contributed by atoms with Crippen molar-refractivity contribution in [3.8, 4) is 11.5 Å². The quantitative estimate of drug-likeness (QED) is 0.658. The highest BCUT2D eigenvalue weighted by Gasteiger charge is 2.10. The van der Waals surface area contributed by atoms with E-state index in [9.17, 15) is 4.79 Å². The zero-order valence-corrected chi connectivity index (χ0v) is 15.7. The number of aromatic nitrogens is 1. The standard InChI is InChI=1S/C20H20N2O3S/c1-13-11-19(22-20-16(13)5-4-6-17(20)25-3)26-12-18(23)21-14-7-9-15(24-2)10-8-14/h4-11H,12H2,1-3H3,(H,21,23). The summed E-state index contributed by atoms with van der Waals surface area (Å²) < 4.78 is 10.5. The van der Waals surface area contributed by atoms with Crippen LogP contribution < -0.4 is 14.8 Å². The van der Waals surface area contributed by atoms with Crippen molar-refractivity contribution in [2.24, 2.45) is 0 Å². The molecule has 1 heterocycles. The molecule has 0 aliphatic carbocycles. The lowest BCUT2D eigenvalue weighted by Gasteiger charge is -2.10. The van der Waals surface area contributed by atoms with Crippen molar-refractivity contribution in [2.45, 2.75) is 11.9 Å². The highest BCUT2D eigenvalue weighted by molar-refractivity contribution is 7.99. The molecule has 134 valence electrons. The number of para-hydroxylation sites is 1. The van der Waals surface area contributed by atoms with Gasteiger partial charge in [-0.15, -0.1) is 0 Å². The van der Waals surface area contributed by atoms with Crippen molar-refractivity contribution >= 4 is 34.3 Å². The molecule has 0 radical (unpaired) electrons. The van der Waals surface area contributed by atoms with Crippen molar-refractivity contribution in [1.29, 1.82) is 0 Å². The molecule has 0 fully saturated rings. The third kappa shape index (κ3) is 4.08. The number of aryl methyl sites for hydroxylation is 1. The third-order valence-corrected chi connectivity index (χ3v) is 4.84. The lowest BCUT2D eigenvalue weighted by atomic mass is 10.1. The average molecular weight is 368 g/mol. The maximum Gasteiger partial charge on any atom is 0.234 e. The van der Waals surface area contributed by atoms with Gasteiger partial charge in [0.25, 0.3) is 0 Å². The summed E-state index contributed by atoms with van der Waals surface area (Å²) in [4.78, 5) is 16.8. The first-order valence-electron chi connectivity index (χ1n) is 8.12. The molecule has 0 aliphatic heterocycles. The number of hydrogen-bond acceptors (Lipinski definition) is 5. The van der Waals surface area contributed by atoms with Gasteiger partial charge in [-0.05, 0) is 48.9 Å². The van der Waals surface area contributed by atoms with Crippen LogP contribution in [0.15, 0.2) is 53.6 Å². The summed E-state index contributed by atoms with van der Waals surface area (Å²) in [6.45, 7) is 2.03. The Hall–Kier alpha value is -2.73. The Labute approximate surface area is 156 Å². The number of benzene rings is 2. The fraction of sp³-hybridized carbons (Fsp3) is 0.200. The van der Waals surface area contributed by atoms with E-state index in [1.165, 1.54) is 11.8 Å². The van der Waals surface area contributed by atoms with Crippen molar-refractivity contribution in [2.75, 3.05) is 25.3 Å². The summed E-state index contributed by atoms with van der Waals surface area (Å²) >= 11 is 1.40. The number of carbonyl (C=O) groups is 1. The molecule has 0 spiro atoms. The average Bonchev–Trinajstić information content (AvgIpc) is 2.66. The van der Waals surface area contributed by atoms with Crippen molar-refractivity contribution in [1.82, 2.24) is 4.98 Å². The fourth-order valence-corrected chi connectivity index (χ4v) is 3.38. The van der Waals surface area contributed by atoms with E-state index in [1.54, 1.807) is 14.2 Å². The van der Waals surface area contributed by atoms with Crippen LogP contribution in [0.2, 0.25) is 0 Å². The van der Waals surface area contributed by atoms with Gasteiger partial charge in [-0.3, -0.25) is 4.79 Å². The Balaban J connectivity index is 1.69. The Morgan fingerprint density at radius 2 is 1.88 bits per heavy atom. The van der Waals surface area contributed by atoms with Gasteiger partial charge in [-0.2, -0.15) is 0 Å². The van der Waals surface area contributed by atoms with E-state index in [0.29, 0.717) is 0 Å². The monoisotopic (exact) mass is 368 g/mol. The SMILES string of the molecule is COc1ccc(NC(=O)CSc2cc(C)c3cccc(OC)c3n2)cc1. The molecule has 5 nitrogen and oxygen atoms in total. The van der Waals surface area contributed by atoms with Gasteiger partial charge in [0.2, 0.25) is 5.91 Å². The number of nitrogens with one attached hydrogen (secondary N) is 1. The van der Waals surface area contributed by atoms with Crippen LogP contribution in [0.3, 0.4) is 0 Å². The molecule has 0 bridgehead atoms.